The molecule has 0 amide bonds. The minimum atomic E-state index is 0.298. The van der Waals surface area contributed by atoms with Crippen LogP contribution in [0.1, 0.15) is 29.7 Å². The molecule has 0 aliphatic rings. The van der Waals surface area contributed by atoms with Crippen molar-refractivity contribution in [1.29, 1.82) is 0 Å². The summed E-state index contributed by atoms with van der Waals surface area (Å²) in [6.45, 7) is 6.52. The Hall–Kier alpha value is -1.96. The van der Waals surface area contributed by atoms with Crippen LogP contribution in [0.5, 0.6) is 0 Å². The van der Waals surface area contributed by atoms with E-state index in [0.29, 0.717) is 6.04 Å². The van der Waals surface area contributed by atoms with Crippen LogP contribution < -0.4 is 10.2 Å². The molecule has 0 saturated carbocycles. The summed E-state index contributed by atoms with van der Waals surface area (Å²) in [5.41, 5.74) is 6.37. The number of rotatable bonds is 4. The van der Waals surface area contributed by atoms with E-state index in [1.165, 1.54) is 22.4 Å². The van der Waals surface area contributed by atoms with Crippen LogP contribution in [0.3, 0.4) is 0 Å². The van der Waals surface area contributed by atoms with Crippen LogP contribution in [-0.2, 0) is 0 Å². The molecule has 0 heterocycles. The highest BCUT2D eigenvalue weighted by molar-refractivity contribution is 5.58. The first kappa shape index (κ1) is 14.4. The highest BCUT2D eigenvalue weighted by Gasteiger charge is 2.09. The summed E-state index contributed by atoms with van der Waals surface area (Å²) >= 11 is 0. The molecule has 2 heteroatoms. The van der Waals surface area contributed by atoms with E-state index in [1.54, 1.807) is 0 Å². The quantitative estimate of drug-likeness (QED) is 0.875. The highest BCUT2D eigenvalue weighted by atomic mass is 15.1. The average molecular weight is 268 g/mol. The summed E-state index contributed by atoms with van der Waals surface area (Å²) in [5.74, 6) is 0. The van der Waals surface area contributed by atoms with Gasteiger partial charge in [0.15, 0.2) is 0 Å². The summed E-state index contributed by atoms with van der Waals surface area (Å²) < 4.78 is 0. The van der Waals surface area contributed by atoms with Crippen molar-refractivity contribution in [1.82, 2.24) is 0 Å². The van der Waals surface area contributed by atoms with E-state index < -0.39 is 0 Å². The van der Waals surface area contributed by atoms with Gasteiger partial charge in [-0.2, -0.15) is 0 Å². The molecule has 0 aliphatic heterocycles. The van der Waals surface area contributed by atoms with Crippen LogP contribution >= 0.6 is 0 Å². The monoisotopic (exact) mass is 268 g/mol. The van der Waals surface area contributed by atoms with Gasteiger partial charge in [0.1, 0.15) is 0 Å². The summed E-state index contributed by atoms with van der Waals surface area (Å²) in [5, 5.41) is 3.59. The molecule has 106 valence electrons. The zero-order valence-electron chi connectivity index (χ0n) is 13.1. The van der Waals surface area contributed by atoms with Crippen LogP contribution in [-0.4, -0.2) is 14.1 Å². The lowest BCUT2D eigenvalue weighted by atomic mass is 10.00. The van der Waals surface area contributed by atoms with Crippen molar-refractivity contribution >= 4 is 11.4 Å². The molecule has 0 spiro atoms. The van der Waals surface area contributed by atoms with Gasteiger partial charge in [-0.15, -0.1) is 0 Å². The molecule has 20 heavy (non-hydrogen) atoms. The maximum atomic E-state index is 3.59. The van der Waals surface area contributed by atoms with Gasteiger partial charge in [0.2, 0.25) is 0 Å². The number of nitrogens with zero attached hydrogens (tertiary/aromatic N) is 1. The van der Waals surface area contributed by atoms with E-state index in [0.717, 1.165) is 5.69 Å². The van der Waals surface area contributed by atoms with Gasteiger partial charge in [0, 0.05) is 31.5 Å². The van der Waals surface area contributed by atoms with Gasteiger partial charge in [-0.3, -0.25) is 0 Å². The third-order valence-corrected chi connectivity index (χ3v) is 3.65. The zero-order chi connectivity index (χ0) is 14.7. The highest BCUT2D eigenvalue weighted by Crippen LogP contribution is 2.25. The van der Waals surface area contributed by atoms with E-state index in [-0.39, 0.29) is 0 Å². The van der Waals surface area contributed by atoms with Gasteiger partial charge >= 0.3 is 0 Å². The second-order valence-electron chi connectivity index (χ2n) is 5.67. The predicted molar refractivity (Wildman–Crippen MR) is 88.7 cm³/mol. The number of aryl methyl sites for hydroxylation is 2. The maximum Gasteiger partial charge on any atom is 0.0488 e. The van der Waals surface area contributed by atoms with Crippen molar-refractivity contribution in [2.45, 2.75) is 26.8 Å². The number of anilines is 2. The van der Waals surface area contributed by atoms with Gasteiger partial charge in [0.25, 0.3) is 0 Å². The Morgan fingerprint density at radius 3 is 2.45 bits per heavy atom. The lowest BCUT2D eigenvalue weighted by Crippen LogP contribution is -2.11. The second-order valence-corrected chi connectivity index (χ2v) is 5.67. The van der Waals surface area contributed by atoms with E-state index in [1.807, 2.05) is 0 Å². The smallest absolute Gasteiger partial charge is 0.0488 e. The largest absolute Gasteiger partial charge is 0.378 e. The molecule has 2 nitrogen and oxygen atoms in total. The Labute approximate surface area is 122 Å². The molecule has 0 bridgehead atoms. The fourth-order valence-electron chi connectivity index (χ4n) is 2.43. The average Bonchev–Trinajstić information content (AvgIpc) is 2.41. The van der Waals surface area contributed by atoms with Crippen molar-refractivity contribution in [2.75, 3.05) is 24.3 Å². The lowest BCUT2D eigenvalue weighted by molar-refractivity contribution is 0.872. The Morgan fingerprint density at radius 1 is 1.00 bits per heavy atom. The Balaban J connectivity index is 2.21. The Kier molecular flexibility index (Phi) is 4.33. The van der Waals surface area contributed by atoms with E-state index >= 15 is 0 Å². The first-order chi connectivity index (χ1) is 9.47. The predicted octanol–water partition coefficient (Wildman–Crippen LogP) is 4.54. The fraction of sp³-hybridized carbons (Fsp3) is 0.333. The summed E-state index contributed by atoms with van der Waals surface area (Å²) in [6.07, 6.45) is 0. The van der Waals surface area contributed by atoms with Crippen molar-refractivity contribution in [3.05, 3.63) is 59.2 Å². The Morgan fingerprint density at radius 2 is 1.75 bits per heavy atom. The number of benzene rings is 2. The third kappa shape index (κ3) is 3.32. The number of hydrogen-bond donors (Lipinski definition) is 1. The normalized spacial score (nSPS) is 12.1. The van der Waals surface area contributed by atoms with Crippen molar-refractivity contribution in [2.24, 2.45) is 0 Å². The molecule has 0 aliphatic carbocycles. The van der Waals surface area contributed by atoms with Crippen LogP contribution in [0, 0.1) is 13.8 Å². The van der Waals surface area contributed by atoms with Crippen molar-refractivity contribution < 1.29 is 0 Å². The number of nitrogens with one attached hydrogen (secondary N) is 1. The first-order valence-electron chi connectivity index (χ1n) is 7.08. The van der Waals surface area contributed by atoms with Crippen molar-refractivity contribution in [3.8, 4) is 0 Å². The molecular weight excluding hydrogens is 244 g/mol. The number of hydrogen-bond acceptors (Lipinski definition) is 2. The van der Waals surface area contributed by atoms with Gasteiger partial charge in [-0.25, -0.2) is 0 Å². The van der Waals surface area contributed by atoms with E-state index in [4.69, 9.17) is 0 Å². The zero-order valence-corrected chi connectivity index (χ0v) is 13.1. The molecule has 1 N–H and O–H groups in total. The molecule has 2 aromatic rings. The Bertz CT molecular complexity index is 588. The maximum absolute atomic E-state index is 3.59. The van der Waals surface area contributed by atoms with Gasteiger partial charge in [-0.05, 0) is 50.1 Å². The molecule has 0 saturated heterocycles. The third-order valence-electron chi connectivity index (χ3n) is 3.65. The van der Waals surface area contributed by atoms with E-state index in [9.17, 15) is 0 Å². The standard InChI is InChI=1S/C18H24N2/c1-13-9-10-14(2)18(11-13)15(3)19-16-7-6-8-17(12-16)20(4)5/h6-12,15,19H,1-5H3. The molecule has 1 atom stereocenters. The first-order valence-corrected chi connectivity index (χ1v) is 7.08. The van der Waals surface area contributed by atoms with E-state index in [2.05, 4.69) is 87.5 Å². The molecule has 0 aromatic heterocycles. The van der Waals surface area contributed by atoms with Gasteiger partial charge in [0.05, 0.1) is 0 Å². The van der Waals surface area contributed by atoms with Crippen LogP contribution in [0.2, 0.25) is 0 Å². The molecule has 2 aromatic carbocycles. The van der Waals surface area contributed by atoms with Crippen LogP contribution in [0.4, 0.5) is 11.4 Å². The molecule has 2 rings (SSSR count). The molecule has 0 radical (unpaired) electrons. The van der Waals surface area contributed by atoms with Crippen LogP contribution in [0.15, 0.2) is 42.5 Å². The molecule has 1 unspecified atom stereocenters. The SMILES string of the molecule is Cc1ccc(C)c(C(C)Nc2cccc(N(C)C)c2)c1. The van der Waals surface area contributed by atoms with Gasteiger partial charge in [-0.1, -0.05) is 29.8 Å². The van der Waals surface area contributed by atoms with Crippen LogP contribution in [0.25, 0.3) is 0 Å². The topological polar surface area (TPSA) is 15.3 Å². The molecule has 0 fully saturated rings. The summed E-state index contributed by atoms with van der Waals surface area (Å²) in [6, 6.07) is 15.4. The second kappa shape index (κ2) is 6.00. The van der Waals surface area contributed by atoms with Crippen molar-refractivity contribution in [3.63, 3.8) is 0 Å². The van der Waals surface area contributed by atoms with Gasteiger partial charge < -0.3 is 10.2 Å². The fourth-order valence-corrected chi connectivity index (χ4v) is 2.43. The lowest BCUT2D eigenvalue weighted by Gasteiger charge is -2.20. The summed E-state index contributed by atoms with van der Waals surface area (Å²) in [7, 11) is 4.13. The minimum absolute atomic E-state index is 0.298. The minimum Gasteiger partial charge on any atom is -0.378 e. The molecular formula is C18H24N2. The summed E-state index contributed by atoms with van der Waals surface area (Å²) in [4.78, 5) is 2.12.